The second kappa shape index (κ2) is 5.91. The fraction of sp³-hybridized carbons (Fsp3) is 0.267. The van der Waals surface area contributed by atoms with Crippen molar-refractivity contribution in [2.75, 3.05) is 0 Å². The van der Waals surface area contributed by atoms with Crippen molar-refractivity contribution in [1.29, 1.82) is 0 Å². The van der Waals surface area contributed by atoms with Gasteiger partial charge in [-0.1, -0.05) is 29.3 Å². The summed E-state index contributed by atoms with van der Waals surface area (Å²) in [6, 6.07) is 7.32. The number of halogens is 2. The number of aromatic nitrogens is 1. The van der Waals surface area contributed by atoms with Crippen LogP contribution in [-0.2, 0) is 6.42 Å². The summed E-state index contributed by atoms with van der Waals surface area (Å²) in [5.41, 5.74) is 10.3. The molecule has 1 atom stereocenters. The van der Waals surface area contributed by atoms with E-state index >= 15 is 0 Å². The Morgan fingerprint density at radius 2 is 1.95 bits per heavy atom. The lowest BCUT2D eigenvalue weighted by atomic mass is 10.00. The monoisotopic (exact) mass is 294 g/mol. The van der Waals surface area contributed by atoms with Crippen LogP contribution >= 0.6 is 23.2 Å². The maximum atomic E-state index is 6.23. The molecule has 1 unspecified atom stereocenters. The molecule has 2 aromatic rings. The predicted molar refractivity (Wildman–Crippen MR) is 80.8 cm³/mol. The van der Waals surface area contributed by atoms with Crippen LogP contribution in [-0.4, -0.2) is 4.98 Å². The minimum absolute atomic E-state index is 0.184. The minimum Gasteiger partial charge on any atom is -0.322 e. The Labute approximate surface area is 123 Å². The summed E-state index contributed by atoms with van der Waals surface area (Å²) in [5.74, 6) is 0. The molecule has 1 aromatic carbocycles. The highest BCUT2D eigenvalue weighted by molar-refractivity contribution is 6.33. The van der Waals surface area contributed by atoms with E-state index in [9.17, 15) is 0 Å². The highest BCUT2D eigenvalue weighted by atomic mass is 35.5. The lowest BCUT2D eigenvalue weighted by Crippen LogP contribution is -2.16. The molecule has 1 heterocycles. The van der Waals surface area contributed by atoms with E-state index < -0.39 is 0 Å². The van der Waals surface area contributed by atoms with Crippen LogP contribution in [0.4, 0.5) is 0 Å². The zero-order valence-electron chi connectivity index (χ0n) is 11.0. The Bertz CT molecular complexity index is 597. The molecule has 1 aromatic heterocycles. The van der Waals surface area contributed by atoms with E-state index in [0.29, 0.717) is 16.5 Å². The largest absolute Gasteiger partial charge is 0.322 e. The molecule has 0 bridgehead atoms. The van der Waals surface area contributed by atoms with Crippen molar-refractivity contribution in [3.8, 4) is 0 Å². The summed E-state index contributed by atoms with van der Waals surface area (Å²) in [6.45, 7) is 4.04. The number of nitrogens with two attached hydrogens (primary N) is 1. The number of aryl methyl sites for hydroxylation is 2. The number of rotatable bonds is 3. The lowest BCUT2D eigenvalue weighted by molar-refractivity contribution is 0.689. The summed E-state index contributed by atoms with van der Waals surface area (Å²) < 4.78 is 0. The van der Waals surface area contributed by atoms with Crippen molar-refractivity contribution < 1.29 is 0 Å². The molecule has 4 heteroatoms. The van der Waals surface area contributed by atoms with E-state index in [0.717, 1.165) is 22.4 Å². The minimum atomic E-state index is -0.184. The van der Waals surface area contributed by atoms with Gasteiger partial charge < -0.3 is 5.73 Å². The Morgan fingerprint density at radius 3 is 2.63 bits per heavy atom. The van der Waals surface area contributed by atoms with Crippen molar-refractivity contribution in [3.63, 3.8) is 0 Å². The highest BCUT2D eigenvalue weighted by Crippen LogP contribution is 2.25. The quantitative estimate of drug-likeness (QED) is 0.919. The number of hydrogen-bond acceptors (Lipinski definition) is 2. The van der Waals surface area contributed by atoms with Crippen molar-refractivity contribution >= 4 is 23.2 Å². The molecule has 0 saturated carbocycles. The van der Waals surface area contributed by atoms with Crippen LogP contribution in [0.1, 0.15) is 28.4 Å². The molecule has 19 heavy (non-hydrogen) atoms. The van der Waals surface area contributed by atoms with Crippen LogP contribution < -0.4 is 5.73 Å². The van der Waals surface area contributed by atoms with Gasteiger partial charge in [-0.05, 0) is 55.2 Å². The standard InChI is InChI=1S/C15H16Cl2N2/c1-9-5-10(2)15(19-8-9)14(18)7-11-6-12(16)3-4-13(11)17/h3-6,8,14H,7,18H2,1-2H3. The molecule has 0 aliphatic heterocycles. The first-order chi connectivity index (χ1) is 8.97. The molecule has 2 N–H and O–H groups in total. The van der Waals surface area contributed by atoms with E-state index in [1.54, 1.807) is 12.1 Å². The molecule has 2 nitrogen and oxygen atoms in total. The molecule has 0 saturated heterocycles. The summed E-state index contributed by atoms with van der Waals surface area (Å²) in [5, 5.41) is 1.35. The highest BCUT2D eigenvalue weighted by Gasteiger charge is 2.13. The third-order valence-electron chi connectivity index (χ3n) is 3.05. The lowest BCUT2D eigenvalue weighted by Gasteiger charge is -2.15. The van der Waals surface area contributed by atoms with Gasteiger partial charge >= 0.3 is 0 Å². The summed E-state index contributed by atoms with van der Waals surface area (Å²) in [4.78, 5) is 4.42. The van der Waals surface area contributed by atoms with Gasteiger partial charge in [0.05, 0.1) is 11.7 Å². The second-order valence-corrected chi connectivity index (χ2v) is 5.60. The topological polar surface area (TPSA) is 38.9 Å². The molecular weight excluding hydrogens is 279 g/mol. The van der Waals surface area contributed by atoms with Gasteiger partial charge in [0.1, 0.15) is 0 Å². The molecule has 2 rings (SSSR count). The SMILES string of the molecule is Cc1cnc(C(N)Cc2cc(Cl)ccc2Cl)c(C)c1. The van der Waals surface area contributed by atoms with E-state index in [1.165, 1.54) is 0 Å². The maximum Gasteiger partial charge on any atom is 0.0603 e. The number of hydrogen-bond donors (Lipinski definition) is 1. The van der Waals surface area contributed by atoms with Gasteiger partial charge in [-0.2, -0.15) is 0 Å². The van der Waals surface area contributed by atoms with Gasteiger partial charge in [0, 0.05) is 16.2 Å². The van der Waals surface area contributed by atoms with E-state index in [-0.39, 0.29) is 6.04 Å². The Hall–Kier alpha value is -1.09. The third kappa shape index (κ3) is 3.47. The summed E-state index contributed by atoms with van der Waals surface area (Å²) in [6.07, 6.45) is 2.46. The van der Waals surface area contributed by atoms with Crippen LogP contribution in [0, 0.1) is 13.8 Å². The summed E-state index contributed by atoms with van der Waals surface area (Å²) >= 11 is 12.1. The van der Waals surface area contributed by atoms with Crippen LogP contribution in [0.25, 0.3) is 0 Å². The zero-order chi connectivity index (χ0) is 14.0. The zero-order valence-corrected chi connectivity index (χ0v) is 12.5. The third-order valence-corrected chi connectivity index (χ3v) is 3.66. The first kappa shape index (κ1) is 14.3. The Kier molecular flexibility index (Phi) is 4.46. The van der Waals surface area contributed by atoms with E-state index in [1.807, 2.05) is 26.1 Å². The molecule has 100 valence electrons. The number of pyridine rings is 1. The Morgan fingerprint density at radius 1 is 1.21 bits per heavy atom. The van der Waals surface area contributed by atoms with Crippen LogP contribution in [0.3, 0.4) is 0 Å². The molecule has 0 spiro atoms. The fourth-order valence-corrected chi connectivity index (χ4v) is 2.54. The van der Waals surface area contributed by atoms with Gasteiger partial charge in [0.15, 0.2) is 0 Å². The number of nitrogens with zero attached hydrogens (tertiary/aromatic N) is 1. The average molecular weight is 295 g/mol. The van der Waals surface area contributed by atoms with Gasteiger partial charge in [-0.15, -0.1) is 0 Å². The summed E-state index contributed by atoms with van der Waals surface area (Å²) in [7, 11) is 0. The van der Waals surface area contributed by atoms with Crippen molar-refractivity contribution in [1.82, 2.24) is 4.98 Å². The van der Waals surface area contributed by atoms with Crippen LogP contribution in [0.15, 0.2) is 30.5 Å². The maximum absolute atomic E-state index is 6.23. The predicted octanol–water partition coefficient (Wildman–Crippen LogP) is 4.25. The van der Waals surface area contributed by atoms with Gasteiger partial charge in [0.25, 0.3) is 0 Å². The van der Waals surface area contributed by atoms with E-state index in [2.05, 4.69) is 11.1 Å². The van der Waals surface area contributed by atoms with Crippen LogP contribution in [0.2, 0.25) is 10.0 Å². The van der Waals surface area contributed by atoms with Gasteiger partial charge in [0.2, 0.25) is 0 Å². The average Bonchev–Trinajstić information content (AvgIpc) is 2.33. The smallest absolute Gasteiger partial charge is 0.0603 e. The van der Waals surface area contributed by atoms with Crippen LogP contribution in [0.5, 0.6) is 0 Å². The molecule has 0 aliphatic carbocycles. The molecular formula is C15H16Cl2N2. The first-order valence-electron chi connectivity index (χ1n) is 6.10. The van der Waals surface area contributed by atoms with Gasteiger partial charge in [-0.3, -0.25) is 4.98 Å². The first-order valence-corrected chi connectivity index (χ1v) is 6.85. The van der Waals surface area contributed by atoms with Crippen molar-refractivity contribution in [2.45, 2.75) is 26.3 Å². The molecule has 0 amide bonds. The molecule has 0 radical (unpaired) electrons. The Balaban J connectivity index is 2.25. The number of benzene rings is 1. The molecule has 0 aliphatic rings. The van der Waals surface area contributed by atoms with Gasteiger partial charge in [-0.25, -0.2) is 0 Å². The molecule has 0 fully saturated rings. The van der Waals surface area contributed by atoms with Crippen molar-refractivity contribution in [2.24, 2.45) is 5.73 Å². The fourth-order valence-electron chi connectivity index (χ4n) is 2.15. The normalized spacial score (nSPS) is 12.5. The van der Waals surface area contributed by atoms with Crippen molar-refractivity contribution in [3.05, 3.63) is 62.9 Å². The van der Waals surface area contributed by atoms with E-state index in [4.69, 9.17) is 28.9 Å². The second-order valence-electron chi connectivity index (χ2n) is 4.76.